The molecular weight excluding hydrogens is 346 g/mol. The van der Waals surface area contributed by atoms with E-state index in [9.17, 15) is 9.90 Å². The van der Waals surface area contributed by atoms with Crippen molar-refractivity contribution in [2.75, 3.05) is 13.1 Å². The van der Waals surface area contributed by atoms with Crippen molar-refractivity contribution in [2.24, 2.45) is 5.92 Å². The van der Waals surface area contributed by atoms with Gasteiger partial charge in [-0.15, -0.1) is 0 Å². The van der Waals surface area contributed by atoms with Crippen LogP contribution in [0.1, 0.15) is 57.6 Å². The number of aromatic hydroxyl groups is 1. The third-order valence-corrected chi connectivity index (χ3v) is 6.44. The fourth-order valence-corrected chi connectivity index (χ4v) is 5.08. The van der Waals surface area contributed by atoms with Gasteiger partial charge in [0.15, 0.2) is 11.5 Å². The number of likely N-dealkylation sites (tertiary alicyclic amines) is 1. The highest BCUT2D eigenvalue weighted by Gasteiger charge is 2.52. The van der Waals surface area contributed by atoms with Gasteiger partial charge in [-0.1, -0.05) is 12.1 Å². The minimum absolute atomic E-state index is 0.0731. The summed E-state index contributed by atoms with van der Waals surface area (Å²) in [4.78, 5) is 13.3. The Kier molecular flexibility index (Phi) is 4.80. The number of rotatable bonds is 4. The first-order valence-corrected chi connectivity index (χ1v) is 9.99. The van der Waals surface area contributed by atoms with Crippen molar-refractivity contribution in [3.05, 3.63) is 23.8 Å². The monoisotopic (exact) mass is 375 g/mol. The van der Waals surface area contributed by atoms with Crippen molar-refractivity contribution < 1.29 is 24.5 Å². The molecule has 3 aliphatic rings. The van der Waals surface area contributed by atoms with Gasteiger partial charge in [-0.25, -0.2) is 0 Å². The summed E-state index contributed by atoms with van der Waals surface area (Å²) in [7, 11) is 0. The Labute approximate surface area is 160 Å². The van der Waals surface area contributed by atoms with Crippen LogP contribution in [0, 0.1) is 5.92 Å². The molecule has 3 heterocycles. The second-order valence-electron chi connectivity index (χ2n) is 8.58. The predicted octanol–water partition coefficient (Wildman–Crippen LogP) is 3.34. The maximum absolute atomic E-state index is 10.9. The maximum Gasteiger partial charge on any atom is 0.303 e. The SMILES string of the molecule is CC1(C)Oc2c(O)cccc2[C@@H]2O[C@@H]3CCCN(CCCC(=O)O)[C@@H]3C[C@H]21. The third-order valence-electron chi connectivity index (χ3n) is 6.44. The van der Waals surface area contributed by atoms with Crippen LogP contribution in [0.2, 0.25) is 0 Å². The molecule has 0 amide bonds. The number of carbonyl (C=O) groups is 1. The van der Waals surface area contributed by atoms with E-state index in [0.29, 0.717) is 18.2 Å². The van der Waals surface area contributed by atoms with Crippen LogP contribution in [0.25, 0.3) is 0 Å². The largest absolute Gasteiger partial charge is 0.504 e. The van der Waals surface area contributed by atoms with Gasteiger partial charge in [0, 0.05) is 23.9 Å². The van der Waals surface area contributed by atoms with Crippen molar-refractivity contribution in [1.29, 1.82) is 0 Å². The minimum atomic E-state index is -0.734. The zero-order valence-corrected chi connectivity index (χ0v) is 16.1. The Balaban J connectivity index is 1.57. The van der Waals surface area contributed by atoms with Crippen LogP contribution in [0.4, 0.5) is 0 Å². The van der Waals surface area contributed by atoms with Crippen molar-refractivity contribution in [1.82, 2.24) is 4.90 Å². The van der Waals surface area contributed by atoms with Gasteiger partial charge in [0.2, 0.25) is 0 Å². The van der Waals surface area contributed by atoms with Gasteiger partial charge in [-0.05, 0) is 58.7 Å². The normalized spacial score (nSPS) is 31.9. The highest BCUT2D eigenvalue weighted by atomic mass is 16.5. The number of carboxylic acids is 1. The number of para-hydroxylation sites is 1. The Morgan fingerprint density at radius 2 is 2.19 bits per heavy atom. The van der Waals surface area contributed by atoms with E-state index >= 15 is 0 Å². The fourth-order valence-electron chi connectivity index (χ4n) is 5.08. The van der Waals surface area contributed by atoms with Crippen LogP contribution in [0.3, 0.4) is 0 Å². The van der Waals surface area contributed by atoms with E-state index in [0.717, 1.165) is 37.9 Å². The average Bonchev–Trinajstić information content (AvgIpc) is 2.61. The zero-order valence-electron chi connectivity index (χ0n) is 16.1. The van der Waals surface area contributed by atoms with Crippen LogP contribution in [0.5, 0.6) is 11.5 Å². The summed E-state index contributed by atoms with van der Waals surface area (Å²) in [5, 5.41) is 19.2. The summed E-state index contributed by atoms with van der Waals surface area (Å²) in [5.41, 5.74) is 0.506. The lowest BCUT2D eigenvalue weighted by Crippen LogP contribution is -2.59. The lowest BCUT2D eigenvalue weighted by molar-refractivity contribution is -0.189. The number of ether oxygens (including phenoxy) is 2. The highest BCUT2D eigenvalue weighted by molar-refractivity contribution is 5.66. The average molecular weight is 375 g/mol. The van der Waals surface area contributed by atoms with E-state index in [1.54, 1.807) is 6.07 Å². The molecule has 4 atom stereocenters. The van der Waals surface area contributed by atoms with Crippen LogP contribution < -0.4 is 4.74 Å². The molecule has 2 N–H and O–H groups in total. The van der Waals surface area contributed by atoms with E-state index in [1.807, 2.05) is 12.1 Å². The summed E-state index contributed by atoms with van der Waals surface area (Å²) in [6.07, 6.45) is 4.01. The molecule has 4 rings (SSSR count). The molecule has 6 nitrogen and oxygen atoms in total. The number of benzene rings is 1. The number of carboxylic acid groups (broad SMARTS) is 1. The van der Waals surface area contributed by atoms with E-state index in [2.05, 4.69) is 18.7 Å². The third kappa shape index (κ3) is 3.41. The number of nitrogens with zero attached hydrogens (tertiary/aromatic N) is 1. The first-order valence-electron chi connectivity index (χ1n) is 9.99. The number of fused-ring (bicyclic) bond motifs is 4. The molecule has 0 bridgehead atoms. The number of hydrogen-bond acceptors (Lipinski definition) is 5. The second kappa shape index (κ2) is 6.99. The minimum Gasteiger partial charge on any atom is -0.504 e. The summed E-state index contributed by atoms with van der Waals surface area (Å²) in [6.45, 7) is 5.94. The lowest BCUT2D eigenvalue weighted by atomic mass is 9.72. The Morgan fingerprint density at radius 3 is 2.96 bits per heavy atom. The first-order chi connectivity index (χ1) is 12.9. The predicted molar refractivity (Wildman–Crippen MR) is 100.0 cm³/mol. The molecule has 6 heteroatoms. The van der Waals surface area contributed by atoms with Gasteiger partial charge in [0.1, 0.15) is 5.60 Å². The molecule has 2 fully saturated rings. The van der Waals surface area contributed by atoms with Crippen LogP contribution in [-0.2, 0) is 9.53 Å². The molecule has 0 aliphatic carbocycles. The van der Waals surface area contributed by atoms with Crippen LogP contribution in [0.15, 0.2) is 18.2 Å². The molecule has 27 heavy (non-hydrogen) atoms. The van der Waals surface area contributed by atoms with E-state index in [-0.39, 0.29) is 30.3 Å². The molecule has 0 radical (unpaired) electrons. The molecule has 3 aliphatic heterocycles. The Hall–Kier alpha value is -1.79. The van der Waals surface area contributed by atoms with Gasteiger partial charge in [-0.2, -0.15) is 0 Å². The molecule has 0 aromatic heterocycles. The summed E-state index contributed by atoms with van der Waals surface area (Å²) < 4.78 is 12.8. The van der Waals surface area contributed by atoms with Gasteiger partial charge >= 0.3 is 5.97 Å². The Bertz CT molecular complexity index is 719. The standard InChI is InChI=1S/C21H29NO5/c1-21(2)14-12-15-17(8-4-10-22(15)11-5-9-18(24)25)26-19(14)13-6-3-7-16(23)20(13)27-21/h3,6-7,14-15,17,19,23H,4-5,8-12H2,1-2H3,(H,24,25)/t14-,15-,17-,19+/m1/s1. The van der Waals surface area contributed by atoms with Crippen LogP contribution >= 0.6 is 0 Å². The summed E-state index contributed by atoms with van der Waals surface area (Å²) >= 11 is 0. The number of aliphatic carboxylic acids is 1. The summed E-state index contributed by atoms with van der Waals surface area (Å²) in [5.74, 6) is 0.176. The fraction of sp³-hybridized carbons (Fsp3) is 0.667. The van der Waals surface area contributed by atoms with Crippen molar-refractivity contribution in [3.63, 3.8) is 0 Å². The molecule has 2 saturated heterocycles. The van der Waals surface area contributed by atoms with Gasteiger partial charge in [-0.3, -0.25) is 9.69 Å². The smallest absolute Gasteiger partial charge is 0.303 e. The van der Waals surface area contributed by atoms with E-state index in [4.69, 9.17) is 14.6 Å². The van der Waals surface area contributed by atoms with Crippen molar-refractivity contribution >= 4 is 5.97 Å². The maximum atomic E-state index is 10.9. The molecule has 0 spiro atoms. The number of phenols is 1. The van der Waals surface area contributed by atoms with Gasteiger partial charge in [0.25, 0.3) is 0 Å². The lowest BCUT2D eigenvalue weighted by Gasteiger charge is -2.54. The number of piperidine rings is 1. The van der Waals surface area contributed by atoms with E-state index in [1.165, 1.54) is 0 Å². The van der Waals surface area contributed by atoms with Gasteiger partial charge < -0.3 is 19.7 Å². The molecule has 148 valence electrons. The highest BCUT2D eigenvalue weighted by Crippen LogP contribution is 2.54. The number of phenolic OH excluding ortho intramolecular Hbond substituents is 1. The van der Waals surface area contributed by atoms with Crippen molar-refractivity contribution in [2.45, 2.75) is 69.8 Å². The molecule has 1 aromatic carbocycles. The summed E-state index contributed by atoms with van der Waals surface area (Å²) in [6, 6.07) is 5.80. The Morgan fingerprint density at radius 1 is 1.37 bits per heavy atom. The molecule has 0 saturated carbocycles. The first kappa shape index (κ1) is 18.6. The van der Waals surface area contributed by atoms with Gasteiger partial charge in [0.05, 0.1) is 12.2 Å². The topological polar surface area (TPSA) is 79.2 Å². The zero-order chi connectivity index (χ0) is 19.2. The molecule has 0 unspecified atom stereocenters. The van der Waals surface area contributed by atoms with E-state index < -0.39 is 11.6 Å². The van der Waals surface area contributed by atoms with Crippen molar-refractivity contribution in [3.8, 4) is 11.5 Å². The van der Waals surface area contributed by atoms with Crippen LogP contribution in [-0.4, -0.2) is 51.9 Å². The molecular formula is C21H29NO5. The second-order valence-corrected chi connectivity index (χ2v) is 8.58. The number of hydrogen-bond donors (Lipinski definition) is 2. The quantitative estimate of drug-likeness (QED) is 0.840. The molecule has 1 aromatic rings.